The van der Waals surface area contributed by atoms with E-state index in [9.17, 15) is 18.8 Å². The number of hydrogen-bond acceptors (Lipinski definition) is 5. The summed E-state index contributed by atoms with van der Waals surface area (Å²) in [7, 11) is 3.08. The van der Waals surface area contributed by atoms with E-state index in [1.807, 2.05) is 0 Å². The molecule has 0 radical (unpaired) electrons. The van der Waals surface area contributed by atoms with Crippen molar-refractivity contribution in [2.24, 2.45) is 0 Å². The Labute approximate surface area is 203 Å². The van der Waals surface area contributed by atoms with Crippen LogP contribution in [0.5, 0.6) is 11.5 Å². The van der Waals surface area contributed by atoms with Crippen molar-refractivity contribution in [2.75, 3.05) is 45.7 Å². The highest BCUT2D eigenvalue weighted by molar-refractivity contribution is 6.35. The van der Waals surface area contributed by atoms with Crippen molar-refractivity contribution >= 4 is 23.5 Å². The van der Waals surface area contributed by atoms with E-state index in [1.165, 1.54) is 24.1 Å². The predicted octanol–water partition coefficient (Wildman–Crippen LogP) is 2.71. The number of halogens is 1. The average Bonchev–Trinajstić information content (AvgIpc) is 2.88. The highest BCUT2D eigenvalue weighted by Crippen LogP contribution is 2.30. The van der Waals surface area contributed by atoms with E-state index in [0.29, 0.717) is 56.2 Å². The molecule has 35 heavy (non-hydrogen) atoms. The lowest BCUT2D eigenvalue weighted by molar-refractivity contribution is -0.158. The number of urea groups is 1. The smallest absolute Gasteiger partial charge is 0.321 e. The molecule has 186 valence electrons. The van der Waals surface area contributed by atoms with Crippen molar-refractivity contribution in [3.05, 3.63) is 53.8 Å². The normalized spacial score (nSPS) is 16.9. The zero-order valence-electron chi connectivity index (χ0n) is 19.8. The number of piperazine rings is 1. The SMILES string of the molecule is COc1ccc(NC(=O)N2CCC(N3CCN(Cc4ccc(F)cc4)C(=O)C3=O)CC2)cc1OC. The molecule has 2 saturated heterocycles. The minimum atomic E-state index is -0.547. The number of hydrogen-bond donors (Lipinski definition) is 1. The fraction of sp³-hybridized carbons (Fsp3) is 0.400. The van der Waals surface area contributed by atoms with Crippen LogP contribution in [0.4, 0.5) is 14.9 Å². The lowest BCUT2D eigenvalue weighted by atomic mass is 10.0. The Morgan fingerprint density at radius 2 is 1.63 bits per heavy atom. The Kier molecular flexibility index (Phi) is 7.38. The van der Waals surface area contributed by atoms with Gasteiger partial charge >= 0.3 is 17.8 Å². The largest absolute Gasteiger partial charge is 0.493 e. The van der Waals surface area contributed by atoms with Gasteiger partial charge in [0.1, 0.15) is 5.82 Å². The number of ether oxygens (including phenoxy) is 2. The summed E-state index contributed by atoms with van der Waals surface area (Å²) < 4.78 is 23.6. The second kappa shape index (κ2) is 10.6. The van der Waals surface area contributed by atoms with Gasteiger partial charge in [0.25, 0.3) is 0 Å². The van der Waals surface area contributed by atoms with Crippen LogP contribution in [-0.4, -0.2) is 79.0 Å². The van der Waals surface area contributed by atoms with Crippen LogP contribution in [-0.2, 0) is 16.1 Å². The van der Waals surface area contributed by atoms with E-state index in [2.05, 4.69) is 5.32 Å². The summed E-state index contributed by atoms with van der Waals surface area (Å²) in [6, 6.07) is 10.7. The van der Waals surface area contributed by atoms with Crippen molar-refractivity contribution in [1.29, 1.82) is 0 Å². The highest BCUT2D eigenvalue weighted by atomic mass is 19.1. The van der Waals surface area contributed by atoms with Crippen molar-refractivity contribution < 1.29 is 28.2 Å². The molecule has 10 heteroatoms. The Morgan fingerprint density at radius 1 is 0.943 bits per heavy atom. The maximum absolute atomic E-state index is 13.1. The van der Waals surface area contributed by atoms with Crippen LogP contribution in [0.2, 0.25) is 0 Å². The number of nitrogens with zero attached hydrogens (tertiary/aromatic N) is 3. The topological polar surface area (TPSA) is 91.4 Å². The van der Waals surface area contributed by atoms with Gasteiger partial charge in [0, 0.05) is 50.5 Å². The highest BCUT2D eigenvalue weighted by Gasteiger charge is 2.38. The van der Waals surface area contributed by atoms with Crippen molar-refractivity contribution in [3.63, 3.8) is 0 Å². The van der Waals surface area contributed by atoms with Crippen molar-refractivity contribution in [2.45, 2.75) is 25.4 Å². The molecule has 4 rings (SSSR count). The van der Waals surface area contributed by atoms with Crippen molar-refractivity contribution in [3.8, 4) is 11.5 Å². The second-order valence-corrected chi connectivity index (χ2v) is 8.57. The summed E-state index contributed by atoms with van der Waals surface area (Å²) in [5, 5.41) is 2.87. The third-order valence-corrected chi connectivity index (χ3v) is 6.46. The van der Waals surface area contributed by atoms with E-state index in [-0.39, 0.29) is 24.4 Å². The van der Waals surface area contributed by atoms with Crippen molar-refractivity contribution in [1.82, 2.24) is 14.7 Å². The van der Waals surface area contributed by atoms with E-state index >= 15 is 0 Å². The minimum absolute atomic E-state index is 0.0930. The zero-order chi connectivity index (χ0) is 24.9. The molecule has 0 aliphatic carbocycles. The van der Waals surface area contributed by atoms with Crippen LogP contribution < -0.4 is 14.8 Å². The molecule has 2 aliphatic heterocycles. The number of carbonyl (C=O) groups is 3. The predicted molar refractivity (Wildman–Crippen MR) is 127 cm³/mol. The van der Waals surface area contributed by atoms with E-state index < -0.39 is 11.8 Å². The van der Waals surface area contributed by atoms with Crippen LogP contribution in [0.25, 0.3) is 0 Å². The quantitative estimate of drug-likeness (QED) is 0.637. The number of nitrogens with one attached hydrogen (secondary N) is 1. The zero-order valence-corrected chi connectivity index (χ0v) is 19.8. The molecule has 0 unspecified atom stereocenters. The average molecular weight is 485 g/mol. The van der Waals surface area contributed by atoms with Gasteiger partial charge < -0.3 is 29.5 Å². The van der Waals surface area contributed by atoms with Crippen LogP contribution in [0, 0.1) is 5.82 Å². The maximum Gasteiger partial charge on any atom is 0.321 e. The standard InChI is InChI=1S/C25H29FN4O5/c1-34-21-8-7-19(15-22(21)35-2)27-25(33)28-11-9-20(10-12-28)30-14-13-29(23(31)24(30)32)16-17-3-5-18(26)6-4-17/h3-8,15,20H,9-14,16H2,1-2H3,(H,27,33). The number of carbonyl (C=O) groups excluding carboxylic acids is 3. The van der Waals surface area contributed by atoms with Gasteiger partial charge in [-0.15, -0.1) is 0 Å². The molecule has 9 nitrogen and oxygen atoms in total. The van der Waals surface area contributed by atoms with Crippen LogP contribution in [0.15, 0.2) is 42.5 Å². The lowest BCUT2D eigenvalue weighted by Gasteiger charge is -2.42. The van der Waals surface area contributed by atoms with E-state index in [1.54, 1.807) is 47.2 Å². The molecule has 4 amide bonds. The summed E-state index contributed by atoms with van der Waals surface area (Å²) in [5.74, 6) is -0.320. The fourth-order valence-electron chi connectivity index (χ4n) is 4.50. The molecule has 0 saturated carbocycles. The fourth-order valence-corrected chi connectivity index (χ4v) is 4.50. The molecule has 0 bridgehead atoms. The summed E-state index contributed by atoms with van der Waals surface area (Å²) in [4.78, 5) is 43.1. The third kappa shape index (κ3) is 5.47. The van der Waals surface area contributed by atoms with Crippen LogP contribution in [0.3, 0.4) is 0 Å². The Morgan fingerprint density at radius 3 is 2.29 bits per heavy atom. The molecule has 1 N–H and O–H groups in total. The third-order valence-electron chi connectivity index (χ3n) is 6.46. The minimum Gasteiger partial charge on any atom is -0.493 e. The monoisotopic (exact) mass is 484 g/mol. The first-order valence-electron chi connectivity index (χ1n) is 11.5. The van der Waals surface area contributed by atoms with Gasteiger partial charge in [-0.3, -0.25) is 9.59 Å². The molecule has 2 aliphatic rings. The summed E-state index contributed by atoms with van der Waals surface area (Å²) in [6.07, 6.45) is 1.19. The first-order valence-corrected chi connectivity index (χ1v) is 11.5. The number of anilines is 1. The number of amides is 4. The van der Waals surface area contributed by atoms with E-state index in [4.69, 9.17) is 9.47 Å². The van der Waals surface area contributed by atoms with Gasteiger partial charge in [-0.05, 0) is 42.7 Å². The molecule has 2 heterocycles. The summed E-state index contributed by atoms with van der Waals surface area (Å²) >= 11 is 0. The Bertz CT molecular complexity index is 1090. The van der Waals surface area contributed by atoms with Gasteiger partial charge in [0.15, 0.2) is 11.5 Å². The Balaban J connectivity index is 1.29. The van der Waals surface area contributed by atoms with E-state index in [0.717, 1.165) is 5.56 Å². The lowest BCUT2D eigenvalue weighted by Crippen LogP contribution is -2.59. The van der Waals surface area contributed by atoms with Crippen LogP contribution in [0.1, 0.15) is 18.4 Å². The summed E-state index contributed by atoms with van der Waals surface area (Å²) in [6.45, 7) is 2.08. The van der Waals surface area contributed by atoms with Gasteiger partial charge in [-0.1, -0.05) is 12.1 Å². The number of benzene rings is 2. The second-order valence-electron chi connectivity index (χ2n) is 8.57. The first-order chi connectivity index (χ1) is 16.9. The number of rotatable bonds is 6. The molecule has 2 fully saturated rings. The van der Waals surface area contributed by atoms with Gasteiger partial charge in [-0.2, -0.15) is 0 Å². The van der Waals surface area contributed by atoms with Gasteiger partial charge in [-0.25, -0.2) is 9.18 Å². The number of piperidine rings is 1. The molecular weight excluding hydrogens is 455 g/mol. The molecule has 2 aromatic carbocycles. The Hall–Kier alpha value is -3.82. The first kappa shape index (κ1) is 24.3. The number of methoxy groups -OCH3 is 2. The van der Waals surface area contributed by atoms with Gasteiger partial charge in [0.05, 0.1) is 14.2 Å². The molecular formula is C25H29FN4O5. The molecule has 0 aromatic heterocycles. The number of likely N-dealkylation sites (tertiary alicyclic amines) is 1. The van der Waals surface area contributed by atoms with Crippen LogP contribution >= 0.6 is 0 Å². The molecule has 2 aromatic rings. The van der Waals surface area contributed by atoms with Gasteiger partial charge in [0.2, 0.25) is 0 Å². The molecule has 0 spiro atoms. The summed E-state index contributed by atoms with van der Waals surface area (Å²) in [5.41, 5.74) is 1.36. The molecule has 0 atom stereocenters. The maximum atomic E-state index is 13.1.